The first-order chi connectivity index (χ1) is 16.0. The SMILES string of the molecule is CC[C@H](OC(=O)/C=C/c1ccc([N+](=O)[O-])cc1)C(=O)N1c2ccccc2Sc2ccccc21. The summed E-state index contributed by atoms with van der Waals surface area (Å²) in [5.41, 5.74) is 2.07. The van der Waals surface area contributed by atoms with Gasteiger partial charge < -0.3 is 4.74 Å². The van der Waals surface area contributed by atoms with E-state index in [2.05, 4.69) is 0 Å². The number of esters is 1. The Morgan fingerprint density at radius 2 is 1.58 bits per heavy atom. The minimum atomic E-state index is -0.969. The minimum Gasteiger partial charge on any atom is -0.449 e. The van der Waals surface area contributed by atoms with E-state index in [9.17, 15) is 19.7 Å². The third-order valence-electron chi connectivity index (χ3n) is 5.07. The minimum absolute atomic E-state index is 0.0355. The van der Waals surface area contributed by atoms with Gasteiger partial charge in [0.1, 0.15) is 0 Å². The topological polar surface area (TPSA) is 89.7 Å². The van der Waals surface area contributed by atoms with Crippen LogP contribution in [-0.2, 0) is 14.3 Å². The molecule has 4 rings (SSSR count). The summed E-state index contributed by atoms with van der Waals surface area (Å²) in [4.78, 5) is 39.7. The zero-order chi connectivity index (χ0) is 23.4. The molecule has 8 heteroatoms. The number of carbonyl (C=O) groups is 2. The van der Waals surface area contributed by atoms with Crippen LogP contribution >= 0.6 is 11.8 Å². The smallest absolute Gasteiger partial charge is 0.331 e. The molecule has 0 unspecified atom stereocenters. The Morgan fingerprint density at radius 1 is 1.00 bits per heavy atom. The van der Waals surface area contributed by atoms with Gasteiger partial charge in [0, 0.05) is 28.0 Å². The van der Waals surface area contributed by atoms with E-state index in [1.54, 1.807) is 23.6 Å². The van der Waals surface area contributed by atoms with Crippen molar-refractivity contribution in [2.45, 2.75) is 29.2 Å². The predicted octanol–water partition coefficient (Wildman–Crippen LogP) is 5.76. The van der Waals surface area contributed by atoms with Crippen LogP contribution in [0.2, 0.25) is 0 Å². The summed E-state index contributed by atoms with van der Waals surface area (Å²) in [5.74, 6) is -0.990. The fourth-order valence-corrected chi connectivity index (χ4v) is 4.50. The average Bonchev–Trinajstić information content (AvgIpc) is 2.84. The standard InChI is InChI=1S/C25H20N2O5S/c1-2-21(32-24(28)16-13-17-11-14-18(15-12-17)27(30)31)25(29)26-19-7-3-5-9-22(19)33-23-10-6-4-8-20(23)26/h3-16,21H,2H2,1H3/b16-13+/t21-/m0/s1. The quantitative estimate of drug-likeness (QED) is 0.201. The number of nitro benzene ring substituents is 1. The van der Waals surface area contributed by atoms with Crippen LogP contribution < -0.4 is 4.90 Å². The molecule has 33 heavy (non-hydrogen) atoms. The number of rotatable bonds is 6. The molecule has 3 aromatic carbocycles. The van der Waals surface area contributed by atoms with Crippen molar-refractivity contribution in [2.24, 2.45) is 0 Å². The number of fused-ring (bicyclic) bond motifs is 2. The zero-order valence-corrected chi connectivity index (χ0v) is 18.5. The molecule has 0 radical (unpaired) electrons. The predicted molar refractivity (Wildman–Crippen MR) is 126 cm³/mol. The number of anilines is 2. The summed E-state index contributed by atoms with van der Waals surface area (Å²) in [6, 6.07) is 21.0. The van der Waals surface area contributed by atoms with Crippen molar-refractivity contribution in [3.8, 4) is 0 Å². The van der Waals surface area contributed by atoms with Crippen LogP contribution in [0.25, 0.3) is 6.08 Å². The van der Waals surface area contributed by atoms with E-state index in [1.807, 2.05) is 48.5 Å². The number of nitro groups is 1. The lowest BCUT2D eigenvalue weighted by atomic mass is 10.1. The van der Waals surface area contributed by atoms with Crippen LogP contribution in [0.3, 0.4) is 0 Å². The van der Waals surface area contributed by atoms with Crippen molar-refractivity contribution in [1.29, 1.82) is 0 Å². The molecule has 1 aliphatic rings. The van der Waals surface area contributed by atoms with Crippen molar-refractivity contribution < 1.29 is 19.2 Å². The number of para-hydroxylation sites is 2. The number of carbonyl (C=O) groups excluding carboxylic acids is 2. The van der Waals surface area contributed by atoms with E-state index in [4.69, 9.17) is 4.74 Å². The van der Waals surface area contributed by atoms with Crippen LogP contribution in [0.5, 0.6) is 0 Å². The Balaban J connectivity index is 1.53. The fourth-order valence-electron chi connectivity index (χ4n) is 3.45. The highest BCUT2D eigenvalue weighted by atomic mass is 32.2. The lowest BCUT2D eigenvalue weighted by Gasteiger charge is -2.33. The van der Waals surface area contributed by atoms with Crippen molar-refractivity contribution in [2.75, 3.05) is 4.90 Å². The van der Waals surface area contributed by atoms with Gasteiger partial charge in [-0.25, -0.2) is 4.79 Å². The molecule has 0 bridgehead atoms. The van der Waals surface area contributed by atoms with Crippen LogP contribution in [0, 0.1) is 10.1 Å². The lowest BCUT2D eigenvalue weighted by Crippen LogP contribution is -2.39. The van der Waals surface area contributed by atoms with Gasteiger partial charge in [-0.2, -0.15) is 0 Å². The van der Waals surface area contributed by atoms with Crippen LogP contribution in [0.1, 0.15) is 18.9 Å². The molecule has 1 heterocycles. The fraction of sp³-hybridized carbons (Fsp3) is 0.120. The third-order valence-corrected chi connectivity index (χ3v) is 6.20. The monoisotopic (exact) mass is 460 g/mol. The summed E-state index contributed by atoms with van der Waals surface area (Å²) in [7, 11) is 0. The van der Waals surface area contributed by atoms with Crippen LogP contribution in [-0.4, -0.2) is 22.9 Å². The second-order valence-corrected chi connectivity index (χ2v) is 8.31. The molecule has 166 valence electrons. The summed E-state index contributed by atoms with van der Waals surface area (Å²) in [6.45, 7) is 1.78. The highest BCUT2D eigenvalue weighted by molar-refractivity contribution is 7.99. The normalized spacial score (nSPS) is 13.2. The summed E-state index contributed by atoms with van der Waals surface area (Å²) < 4.78 is 5.50. The van der Waals surface area contributed by atoms with Crippen molar-refractivity contribution in [3.63, 3.8) is 0 Å². The molecule has 0 aliphatic carbocycles. The summed E-state index contributed by atoms with van der Waals surface area (Å²) >= 11 is 1.59. The Morgan fingerprint density at radius 3 is 2.12 bits per heavy atom. The number of nitrogens with zero attached hydrogens (tertiary/aromatic N) is 2. The van der Waals surface area contributed by atoms with Gasteiger partial charge in [0.25, 0.3) is 11.6 Å². The first-order valence-corrected chi connectivity index (χ1v) is 11.1. The first-order valence-electron chi connectivity index (χ1n) is 10.3. The van der Waals surface area contributed by atoms with Crippen LogP contribution in [0.4, 0.5) is 17.1 Å². The second kappa shape index (κ2) is 9.70. The maximum Gasteiger partial charge on any atom is 0.331 e. The third kappa shape index (κ3) is 4.80. The molecule has 0 spiro atoms. The molecule has 1 atom stereocenters. The molecule has 7 nitrogen and oxygen atoms in total. The number of ether oxygens (including phenoxy) is 1. The van der Waals surface area contributed by atoms with E-state index in [0.29, 0.717) is 12.0 Å². The molecular weight excluding hydrogens is 440 g/mol. The highest BCUT2D eigenvalue weighted by Gasteiger charge is 2.33. The van der Waals surface area contributed by atoms with Gasteiger partial charge in [0.05, 0.1) is 16.3 Å². The van der Waals surface area contributed by atoms with Crippen molar-refractivity contribution >= 4 is 46.8 Å². The Labute approximate surface area is 194 Å². The number of hydrogen-bond donors (Lipinski definition) is 0. The maximum atomic E-state index is 13.5. The van der Waals surface area contributed by atoms with E-state index < -0.39 is 17.0 Å². The number of amides is 1. The molecular formula is C25H20N2O5S. The highest BCUT2D eigenvalue weighted by Crippen LogP contribution is 2.48. The lowest BCUT2D eigenvalue weighted by molar-refractivity contribution is -0.384. The second-order valence-electron chi connectivity index (χ2n) is 7.23. The maximum absolute atomic E-state index is 13.5. The zero-order valence-electron chi connectivity index (χ0n) is 17.7. The van der Waals surface area contributed by atoms with Gasteiger partial charge in [-0.05, 0) is 54.5 Å². The van der Waals surface area contributed by atoms with E-state index >= 15 is 0 Å². The molecule has 0 saturated carbocycles. The van der Waals surface area contributed by atoms with E-state index in [0.717, 1.165) is 21.2 Å². The Hall–Kier alpha value is -3.91. The number of benzene rings is 3. The number of hydrogen-bond acceptors (Lipinski definition) is 6. The average molecular weight is 461 g/mol. The molecule has 0 saturated heterocycles. The van der Waals surface area contributed by atoms with E-state index in [-0.39, 0.29) is 11.6 Å². The molecule has 1 amide bonds. The van der Waals surface area contributed by atoms with Gasteiger partial charge >= 0.3 is 5.97 Å². The van der Waals surface area contributed by atoms with Gasteiger partial charge in [-0.3, -0.25) is 19.8 Å². The van der Waals surface area contributed by atoms with Gasteiger partial charge in [0.15, 0.2) is 6.10 Å². The summed E-state index contributed by atoms with van der Waals surface area (Å²) in [6.07, 6.45) is 2.05. The molecule has 3 aromatic rings. The Bertz CT molecular complexity index is 1190. The van der Waals surface area contributed by atoms with Gasteiger partial charge in [-0.15, -0.1) is 0 Å². The van der Waals surface area contributed by atoms with Crippen molar-refractivity contribution in [1.82, 2.24) is 0 Å². The van der Waals surface area contributed by atoms with Gasteiger partial charge in [0.2, 0.25) is 0 Å². The van der Waals surface area contributed by atoms with E-state index in [1.165, 1.54) is 36.4 Å². The molecule has 0 aromatic heterocycles. The van der Waals surface area contributed by atoms with Crippen LogP contribution in [0.15, 0.2) is 88.7 Å². The first kappa shape index (κ1) is 22.3. The number of non-ortho nitro benzene ring substituents is 1. The molecule has 1 aliphatic heterocycles. The summed E-state index contributed by atoms with van der Waals surface area (Å²) in [5, 5.41) is 10.8. The van der Waals surface area contributed by atoms with Crippen molar-refractivity contribution in [3.05, 3.63) is 94.6 Å². The Kier molecular flexibility index (Phi) is 6.55. The molecule has 0 N–H and O–H groups in total. The molecule has 0 fully saturated rings. The largest absolute Gasteiger partial charge is 0.449 e. The van der Waals surface area contributed by atoms with Gasteiger partial charge in [-0.1, -0.05) is 43.0 Å².